The lowest BCUT2D eigenvalue weighted by atomic mass is 9.97. The minimum Gasteiger partial charge on any atom is -0.465 e. The number of ether oxygens (including phenoxy) is 1. The molecule has 10 heteroatoms. The number of amides is 1. The van der Waals surface area contributed by atoms with Crippen molar-refractivity contribution in [1.82, 2.24) is 14.5 Å². The van der Waals surface area contributed by atoms with Gasteiger partial charge in [-0.3, -0.25) is 4.79 Å². The molecule has 1 N–H and O–H groups in total. The molecular formula is C19H21F3N4O3. The van der Waals surface area contributed by atoms with E-state index >= 15 is 0 Å². The minimum atomic E-state index is -4.58. The molecule has 3 rings (SSSR count). The second kappa shape index (κ2) is 8.62. The summed E-state index contributed by atoms with van der Waals surface area (Å²) in [6.07, 6.45) is 2.97. The molecule has 1 amide bonds. The number of pyridine rings is 1. The molecule has 2 aromatic rings. The lowest BCUT2D eigenvalue weighted by molar-refractivity contribution is -0.141. The number of methoxy groups -OCH3 is 1. The smallest absolute Gasteiger partial charge is 0.434 e. The van der Waals surface area contributed by atoms with Gasteiger partial charge in [0, 0.05) is 12.4 Å². The number of rotatable bonds is 6. The number of carbonyl (C=O) groups is 2. The van der Waals surface area contributed by atoms with Crippen molar-refractivity contribution in [2.75, 3.05) is 12.4 Å². The zero-order chi connectivity index (χ0) is 21.0. The summed E-state index contributed by atoms with van der Waals surface area (Å²) >= 11 is 0. The molecule has 0 spiro atoms. The first-order valence-corrected chi connectivity index (χ1v) is 9.24. The van der Waals surface area contributed by atoms with Crippen LogP contribution in [0.25, 0.3) is 0 Å². The highest BCUT2D eigenvalue weighted by atomic mass is 19.4. The third-order valence-electron chi connectivity index (χ3n) is 5.02. The van der Waals surface area contributed by atoms with Crippen LogP contribution in [0.15, 0.2) is 30.9 Å². The molecule has 2 heterocycles. The van der Waals surface area contributed by atoms with Crippen molar-refractivity contribution in [2.45, 2.75) is 44.3 Å². The van der Waals surface area contributed by atoms with Crippen LogP contribution in [0.3, 0.4) is 0 Å². The molecule has 1 fully saturated rings. The summed E-state index contributed by atoms with van der Waals surface area (Å²) in [6, 6.07) is 2.04. The van der Waals surface area contributed by atoms with Crippen molar-refractivity contribution < 1.29 is 27.5 Å². The summed E-state index contributed by atoms with van der Waals surface area (Å²) in [5.41, 5.74) is -0.820. The number of halogens is 3. The molecule has 1 aliphatic rings. The monoisotopic (exact) mass is 410 g/mol. The maximum Gasteiger partial charge on any atom is 0.434 e. The quantitative estimate of drug-likeness (QED) is 0.732. The van der Waals surface area contributed by atoms with E-state index in [2.05, 4.69) is 20.0 Å². The molecule has 0 radical (unpaired) electrons. The van der Waals surface area contributed by atoms with Crippen molar-refractivity contribution in [3.63, 3.8) is 0 Å². The molecular weight excluding hydrogens is 389 g/mol. The number of hydrogen-bond donors (Lipinski definition) is 1. The second-order valence-corrected chi connectivity index (χ2v) is 7.02. The van der Waals surface area contributed by atoms with Gasteiger partial charge in [-0.2, -0.15) is 13.2 Å². The largest absolute Gasteiger partial charge is 0.465 e. The average molecular weight is 410 g/mol. The van der Waals surface area contributed by atoms with Gasteiger partial charge in [-0.05, 0) is 24.5 Å². The topological polar surface area (TPSA) is 86.1 Å². The number of nitrogens with one attached hydrogen (secondary N) is 1. The third-order valence-corrected chi connectivity index (χ3v) is 5.02. The fraction of sp³-hybridized carbons (Fsp3) is 0.474. The Morgan fingerprint density at radius 1 is 1.28 bits per heavy atom. The van der Waals surface area contributed by atoms with Crippen LogP contribution < -0.4 is 5.32 Å². The second-order valence-electron chi connectivity index (χ2n) is 7.02. The Bertz CT molecular complexity index is 858. The highest BCUT2D eigenvalue weighted by Crippen LogP contribution is 2.34. The zero-order valence-electron chi connectivity index (χ0n) is 15.8. The maximum atomic E-state index is 12.9. The zero-order valence-corrected chi connectivity index (χ0v) is 15.8. The van der Waals surface area contributed by atoms with E-state index in [0.29, 0.717) is 6.42 Å². The number of aromatic nitrogens is 3. The Morgan fingerprint density at radius 3 is 2.55 bits per heavy atom. The molecule has 1 saturated carbocycles. The summed E-state index contributed by atoms with van der Waals surface area (Å²) < 4.78 is 44.6. The Kier molecular flexibility index (Phi) is 6.19. The van der Waals surface area contributed by atoms with Gasteiger partial charge in [0.05, 0.1) is 19.0 Å². The van der Waals surface area contributed by atoms with Gasteiger partial charge in [0.2, 0.25) is 5.91 Å². The third kappa shape index (κ3) is 5.12. The van der Waals surface area contributed by atoms with Crippen molar-refractivity contribution in [3.8, 4) is 0 Å². The average Bonchev–Trinajstić information content (AvgIpc) is 3.37. The normalized spacial score (nSPS) is 15.9. The van der Waals surface area contributed by atoms with Crippen LogP contribution in [0.1, 0.15) is 54.2 Å². The summed E-state index contributed by atoms with van der Waals surface area (Å²) in [4.78, 5) is 31.7. The molecule has 1 aliphatic carbocycles. The van der Waals surface area contributed by atoms with Gasteiger partial charge in [0.1, 0.15) is 11.9 Å². The molecule has 0 saturated heterocycles. The van der Waals surface area contributed by atoms with E-state index in [4.69, 9.17) is 0 Å². The maximum absolute atomic E-state index is 12.9. The van der Waals surface area contributed by atoms with Crippen molar-refractivity contribution >= 4 is 17.7 Å². The first-order chi connectivity index (χ1) is 13.8. The Balaban J connectivity index is 1.78. The molecule has 7 nitrogen and oxygen atoms in total. The molecule has 2 aromatic heterocycles. The number of carbonyl (C=O) groups excluding carboxylic acids is 2. The number of anilines is 1. The predicted molar refractivity (Wildman–Crippen MR) is 97.0 cm³/mol. The Labute approximate surface area is 165 Å². The van der Waals surface area contributed by atoms with Crippen molar-refractivity contribution in [3.05, 3.63) is 42.1 Å². The van der Waals surface area contributed by atoms with Crippen LogP contribution in [0, 0.1) is 5.92 Å². The molecule has 156 valence electrons. The summed E-state index contributed by atoms with van der Waals surface area (Å²) in [5, 5.41) is 2.61. The van der Waals surface area contributed by atoms with Crippen molar-refractivity contribution in [1.29, 1.82) is 0 Å². The van der Waals surface area contributed by atoms with Crippen LogP contribution >= 0.6 is 0 Å². The van der Waals surface area contributed by atoms with Crippen LogP contribution in [-0.4, -0.2) is 33.5 Å². The van der Waals surface area contributed by atoms with Crippen LogP contribution in [-0.2, 0) is 15.7 Å². The number of hydrogen-bond acceptors (Lipinski definition) is 5. The summed E-state index contributed by atoms with van der Waals surface area (Å²) in [6.45, 7) is 0. The number of esters is 1. The molecule has 0 bridgehead atoms. The van der Waals surface area contributed by atoms with Gasteiger partial charge in [-0.15, -0.1) is 0 Å². The Morgan fingerprint density at radius 2 is 2.00 bits per heavy atom. The lowest BCUT2D eigenvalue weighted by Gasteiger charge is -2.21. The number of nitrogens with zero attached hydrogens (tertiary/aromatic N) is 3. The van der Waals surface area contributed by atoms with Crippen molar-refractivity contribution in [2.24, 2.45) is 5.92 Å². The van der Waals surface area contributed by atoms with E-state index in [-0.39, 0.29) is 17.3 Å². The van der Waals surface area contributed by atoms with E-state index in [1.54, 1.807) is 0 Å². The summed E-state index contributed by atoms with van der Waals surface area (Å²) in [7, 11) is 1.24. The number of imidazole rings is 1. The van der Waals surface area contributed by atoms with E-state index < -0.39 is 29.8 Å². The first kappa shape index (κ1) is 20.8. The van der Waals surface area contributed by atoms with Gasteiger partial charge in [-0.25, -0.2) is 14.8 Å². The van der Waals surface area contributed by atoms with Gasteiger partial charge in [0.15, 0.2) is 5.69 Å². The highest BCUT2D eigenvalue weighted by molar-refractivity contribution is 5.93. The van der Waals surface area contributed by atoms with Gasteiger partial charge in [-0.1, -0.05) is 25.7 Å². The predicted octanol–water partition coefficient (Wildman–Crippen LogP) is 3.84. The highest BCUT2D eigenvalue weighted by Gasteiger charge is 2.35. The number of alkyl halides is 3. The summed E-state index contributed by atoms with van der Waals surface area (Å²) in [5.74, 6) is -0.596. The van der Waals surface area contributed by atoms with E-state index in [1.165, 1.54) is 30.0 Å². The molecule has 1 atom stereocenters. The SMILES string of the molecule is COC(=O)c1ccc(NC(=O)[C@H](CC2CCCC2)n2cnc(C(F)(F)F)c2)nc1. The van der Waals surface area contributed by atoms with E-state index in [0.717, 1.165) is 38.2 Å². The molecule has 0 aromatic carbocycles. The van der Waals surface area contributed by atoms with Crippen LogP contribution in [0.5, 0.6) is 0 Å². The van der Waals surface area contributed by atoms with Crippen LogP contribution in [0.4, 0.5) is 19.0 Å². The standard InChI is InChI=1S/C19H21F3N4O3/c1-29-18(28)13-6-7-16(23-9-13)25-17(27)14(8-12-4-2-3-5-12)26-10-15(24-11-26)19(20,21)22/h6-7,9-12,14H,2-5,8H2,1H3,(H,23,25,27)/t14-/m0/s1. The van der Waals surface area contributed by atoms with Gasteiger partial charge < -0.3 is 14.6 Å². The van der Waals surface area contributed by atoms with Gasteiger partial charge >= 0.3 is 12.1 Å². The molecule has 0 aliphatic heterocycles. The Hall–Kier alpha value is -2.91. The minimum absolute atomic E-state index is 0.190. The fourth-order valence-electron chi connectivity index (χ4n) is 3.50. The molecule has 0 unspecified atom stereocenters. The van der Waals surface area contributed by atoms with Gasteiger partial charge in [0.25, 0.3) is 0 Å². The lowest BCUT2D eigenvalue weighted by Crippen LogP contribution is -2.27. The van der Waals surface area contributed by atoms with E-state index in [1.807, 2.05) is 0 Å². The fourth-order valence-corrected chi connectivity index (χ4v) is 3.50. The van der Waals surface area contributed by atoms with Crippen LogP contribution in [0.2, 0.25) is 0 Å². The van der Waals surface area contributed by atoms with E-state index in [9.17, 15) is 22.8 Å². The molecule has 29 heavy (non-hydrogen) atoms. The first-order valence-electron chi connectivity index (χ1n) is 9.24.